The average Bonchev–Trinajstić information content (AvgIpc) is 2.78. The predicted octanol–water partition coefficient (Wildman–Crippen LogP) is 5.60. The van der Waals surface area contributed by atoms with Gasteiger partial charge in [-0.05, 0) is 47.1 Å². The maximum atomic E-state index is 6.17. The zero-order valence-electron chi connectivity index (χ0n) is 14.8. The van der Waals surface area contributed by atoms with Crippen molar-refractivity contribution in [2.45, 2.75) is 39.3 Å². The second-order valence-corrected chi connectivity index (χ2v) is 13.7. The number of ether oxygens (including phenoxy) is 2. The Labute approximate surface area is 158 Å². The minimum atomic E-state index is -1.10. The number of nitrogens with zero attached hydrogens (tertiary/aromatic N) is 2. The van der Waals surface area contributed by atoms with Gasteiger partial charge in [-0.3, -0.25) is 0 Å². The summed E-state index contributed by atoms with van der Waals surface area (Å²) in [4.78, 5) is 4.63. The zero-order chi connectivity index (χ0) is 17.9. The van der Waals surface area contributed by atoms with Crippen LogP contribution in [0.15, 0.2) is 22.8 Å². The van der Waals surface area contributed by atoms with Gasteiger partial charge in [0.1, 0.15) is 22.9 Å². The summed E-state index contributed by atoms with van der Waals surface area (Å²) in [5.74, 6) is 1.52. The van der Waals surface area contributed by atoms with Crippen LogP contribution in [0, 0.1) is 6.92 Å². The van der Waals surface area contributed by atoms with Crippen LogP contribution in [-0.2, 0) is 11.5 Å². The van der Waals surface area contributed by atoms with Gasteiger partial charge in [-0.2, -0.15) is 0 Å². The first-order chi connectivity index (χ1) is 11.2. The fourth-order valence-corrected chi connectivity index (χ4v) is 3.57. The fraction of sp³-hybridized carbons (Fsp3) is 0.471. The van der Waals surface area contributed by atoms with E-state index in [1.54, 1.807) is 7.11 Å². The molecule has 4 nitrogen and oxygen atoms in total. The smallest absolute Gasteiger partial charge is 0.147 e. The molecule has 7 heteroatoms. The molecule has 0 saturated carbocycles. The number of halogens is 2. The van der Waals surface area contributed by atoms with Gasteiger partial charge in [-0.1, -0.05) is 31.2 Å². The first-order valence-electron chi connectivity index (χ1n) is 7.87. The van der Waals surface area contributed by atoms with Crippen LogP contribution in [-0.4, -0.2) is 31.3 Å². The van der Waals surface area contributed by atoms with Crippen molar-refractivity contribution in [2.75, 3.05) is 13.7 Å². The molecule has 2 aromatic rings. The van der Waals surface area contributed by atoms with Crippen LogP contribution in [0.1, 0.15) is 5.69 Å². The van der Waals surface area contributed by atoms with Gasteiger partial charge >= 0.3 is 0 Å². The van der Waals surface area contributed by atoms with Gasteiger partial charge in [-0.25, -0.2) is 4.98 Å². The molecule has 0 spiro atoms. The summed E-state index contributed by atoms with van der Waals surface area (Å²) >= 11 is 9.68. The van der Waals surface area contributed by atoms with E-state index in [0.29, 0.717) is 11.8 Å². The van der Waals surface area contributed by atoms with E-state index in [9.17, 15) is 0 Å². The molecule has 132 valence electrons. The van der Waals surface area contributed by atoms with Crippen LogP contribution < -0.4 is 4.74 Å². The Morgan fingerprint density at radius 1 is 1.29 bits per heavy atom. The lowest BCUT2D eigenvalue weighted by molar-refractivity contribution is 0.0869. The number of methoxy groups -OCH3 is 1. The predicted molar refractivity (Wildman–Crippen MR) is 106 cm³/mol. The SMILES string of the molecule is COc1ccc(Cl)cc1-c1nc(Br)c(C)n1COCC[Si](C)(C)C. The largest absolute Gasteiger partial charge is 0.496 e. The number of hydrogen-bond acceptors (Lipinski definition) is 3. The lowest BCUT2D eigenvalue weighted by atomic mass is 10.2. The minimum absolute atomic E-state index is 0.458. The molecule has 0 aliphatic carbocycles. The van der Waals surface area contributed by atoms with Crippen molar-refractivity contribution < 1.29 is 9.47 Å². The Hall–Kier alpha value is -0.823. The Bertz CT molecular complexity index is 713. The maximum absolute atomic E-state index is 6.17. The molecule has 0 aliphatic heterocycles. The number of imidazole rings is 1. The first kappa shape index (κ1) is 19.5. The maximum Gasteiger partial charge on any atom is 0.147 e. The van der Waals surface area contributed by atoms with E-state index in [2.05, 4.69) is 40.6 Å². The third-order valence-corrected chi connectivity index (χ3v) is 6.47. The number of hydrogen-bond donors (Lipinski definition) is 0. The van der Waals surface area contributed by atoms with Crippen molar-refractivity contribution in [3.63, 3.8) is 0 Å². The molecule has 0 atom stereocenters. The molecule has 1 aromatic carbocycles. The van der Waals surface area contributed by atoms with Crippen molar-refractivity contribution in [2.24, 2.45) is 0 Å². The summed E-state index contributed by atoms with van der Waals surface area (Å²) in [6.45, 7) is 10.3. The van der Waals surface area contributed by atoms with Gasteiger partial charge in [0.25, 0.3) is 0 Å². The van der Waals surface area contributed by atoms with E-state index >= 15 is 0 Å². The molecule has 2 rings (SSSR count). The number of benzene rings is 1. The second-order valence-electron chi connectivity index (χ2n) is 6.93. The van der Waals surface area contributed by atoms with Crippen LogP contribution in [0.3, 0.4) is 0 Å². The van der Waals surface area contributed by atoms with Crippen molar-refractivity contribution in [3.8, 4) is 17.1 Å². The molecule has 1 aromatic heterocycles. The van der Waals surface area contributed by atoms with Crippen molar-refractivity contribution in [3.05, 3.63) is 33.5 Å². The number of rotatable bonds is 7. The highest BCUT2D eigenvalue weighted by Gasteiger charge is 2.18. The topological polar surface area (TPSA) is 36.3 Å². The van der Waals surface area contributed by atoms with E-state index < -0.39 is 8.07 Å². The quantitative estimate of drug-likeness (QED) is 0.423. The van der Waals surface area contributed by atoms with Crippen LogP contribution in [0.25, 0.3) is 11.4 Å². The van der Waals surface area contributed by atoms with Crippen LogP contribution in [0.5, 0.6) is 5.75 Å². The third-order valence-electron chi connectivity index (χ3n) is 3.78. The highest BCUT2D eigenvalue weighted by Crippen LogP contribution is 2.34. The molecular formula is C17H24BrClN2O2Si. The summed E-state index contributed by atoms with van der Waals surface area (Å²) in [5.41, 5.74) is 1.87. The molecule has 0 radical (unpaired) electrons. The van der Waals surface area contributed by atoms with E-state index in [0.717, 1.165) is 40.1 Å². The van der Waals surface area contributed by atoms with Crippen molar-refractivity contribution in [1.82, 2.24) is 9.55 Å². The van der Waals surface area contributed by atoms with Gasteiger partial charge in [0.15, 0.2) is 0 Å². The Morgan fingerprint density at radius 2 is 2.00 bits per heavy atom. The molecule has 24 heavy (non-hydrogen) atoms. The van der Waals surface area contributed by atoms with Gasteiger partial charge < -0.3 is 14.0 Å². The molecule has 0 N–H and O–H groups in total. The summed E-state index contributed by atoms with van der Waals surface area (Å²) < 4.78 is 14.2. The van der Waals surface area contributed by atoms with Gasteiger partial charge in [0, 0.05) is 19.7 Å². The average molecular weight is 432 g/mol. The van der Waals surface area contributed by atoms with Gasteiger partial charge in [-0.15, -0.1) is 0 Å². The minimum Gasteiger partial charge on any atom is -0.496 e. The molecule has 0 bridgehead atoms. The second kappa shape index (κ2) is 8.04. The molecule has 0 amide bonds. The summed E-state index contributed by atoms with van der Waals surface area (Å²) in [5, 5.41) is 0.647. The Balaban J connectivity index is 2.29. The van der Waals surface area contributed by atoms with E-state index in [1.165, 1.54) is 0 Å². The van der Waals surface area contributed by atoms with Crippen molar-refractivity contribution >= 4 is 35.6 Å². The molecule has 0 saturated heterocycles. The van der Waals surface area contributed by atoms with Crippen LogP contribution in [0.4, 0.5) is 0 Å². The molecular weight excluding hydrogens is 408 g/mol. The first-order valence-corrected chi connectivity index (χ1v) is 12.7. The van der Waals surface area contributed by atoms with Gasteiger partial charge in [0.2, 0.25) is 0 Å². The number of aromatic nitrogens is 2. The van der Waals surface area contributed by atoms with Crippen LogP contribution >= 0.6 is 27.5 Å². The zero-order valence-corrected chi connectivity index (χ0v) is 18.2. The molecule has 0 fully saturated rings. The molecule has 0 unspecified atom stereocenters. The highest BCUT2D eigenvalue weighted by molar-refractivity contribution is 9.10. The fourth-order valence-electron chi connectivity index (χ4n) is 2.26. The summed E-state index contributed by atoms with van der Waals surface area (Å²) in [6, 6.07) is 6.67. The lowest BCUT2D eigenvalue weighted by Gasteiger charge is -2.17. The van der Waals surface area contributed by atoms with Crippen LogP contribution in [0.2, 0.25) is 30.7 Å². The van der Waals surface area contributed by atoms with E-state index in [4.69, 9.17) is 21.1 Å². The van der Waals surface area contributed by atoms with E-state index in [1.807, 2.05) is 29.7 Å². The van der Waals surface area contributed by atoms with E-state index in [-0.39, 0.29) is 0 Å². The summed E-state index contributed by atoms with van der Waals surface area (Å²) in [7, 11) is 0.545. The summed E-state index contributed by atoms with van der Waals surface area (Å²) in [6.07, 6.45) is 0. The van der Waals surface area contributed by atoms with Crippen molar-refractivity contribution in [1.29, 1.82) is 0 Å². The standard InChI is InChI=1S/C17H24BrClN2O2Si/c1-12-16(18)20-17(14-10-13(19)6-7-15(14)22-2)21(12)11-23-8-9-24(3,4)5/h6-7,10H,8-9,11H2,1-5H3. The van der Waals surface area contributed by atoms with Gasteiger partial charge in [0.05, 0.1) is 18.4 Å². The highest BCUT2D eigenvalue weighted by atomic mass is 79.9. The molecule has 0 aliphatic rings. The monoisotopic (exact) mass is 430 g/mol. The Kier molecular flexibility index (Phi) is 6.53. The molecule has 1 heterocycles. The normalized spacial score (nSPS) is 11.8. The third kappa shape index (κ3) is 4.85. The Morgan fingerprint density at radius 3 is 2.62 bits per heavy atom. The lowest BCUT2D eigenvalue weighted by Crippen LogP contribution is -2.22.